The third-order valence-corrected chi connectivity index (χ3v) is 3.95. The minimum absolute atomic E-state index is 0.579. The molecule has 0 radical (unpaired) electrons. The number of anilines is 2. The van der Waals surface area contributed by atoms with E-state index in [0.717, 1.165) is 34.6 Å². The van der Waals surface area contributed by atoms with Crippen molar-refractivity contribution in [1.82, 2.24) is 10.5 Å². The Morgan fingerprint density at radius 1 is 1.17 bits per heavy atom. The van der Waals surface area contributed by atoms with Crippen LogP contribution in [0.15, 0.2) is 40.8 Å². The number of nitrogens with one attached hydrogen (secondary N) is 2. The second-order valence-corrected chi connectivity index (χ2v) is 6.46. The summed E-state index contributed by atoms with van der Waals surface area (Å²) in [6.45, 7) is 7.40. The molecule has 5 nitrogen and oxygen atoms in total. The molecule has 23 heavy (non-hydrogen) atoms. The lowest BCUT2D eigenvalue weighted by molar-refractivity contribution is 0.584. The van der Waals surface area contributed by atoms with E-state index in [2.05, 4.69) is 59.9 Å². The second kappa shape index (κ2) is 5.28. The van der Waals surface area contributed by atoms with Crippen molar-refractivity contribution in [3.63, 3.8) is 0 Å². The van der Waals surface area contributed by atoms with E-state index in [9.17, 15) is 0 Å². The van der Waals surface area contributed by atoms with E-state index in [-0.39, 0.29) is 0 Å². The summed E-state index contributed by atoms with van der Waals surface area (Å²) in [7, 11) is 0. The molecule has 0 saturated heterocycles. The van der Waals surface area contributed by atoms with Crippen molar-refractivity contribution in [1.29, 1.82) is 0 Å². The second-order valence-electron chi connectivity index (χ2n) is 6.46. The molecule has 0 fully saturated rings. The number of rotatable bonds is 3. The highest BCUT2D eigenvalue weighted by molar-refractivity contribution is 5.81. The number of aromatic nitrogens is 1. The van der Waals surface area contributed by atoms with E-state index < -0.39 is 0 Å². The maximum Gasteiger partial charge on any atom is 0.227 e. The molecular weight excluding hydrogens is 288 g/mol. The van der Waals surface area contributed by atoms with Crippen molar-refractivity contribution in [2.24, 2.45) is 5.92 Å². The van der Waals surface area contributed by atoms with E-state index >= 15 is 0 Å². The molecule has 0 aliphatic carbocycles. The lowest BCUT2D eigenvalue weighted by Crippen LogP contribution is -2.38. The fraction of sp³-hybridized carbons (Fsp3) is 0.278. The fourth-order valence-electron chi connectivity index (χ4n) is 2.86. The molecular formula is C18H20N4O. The zero-order chi connectivity index (χ0) is 16.0. The summed E-state index contributed by atoms with van der Waals surface area (Å²) in [5.74, 6) is 1.23. The molecule has 5 heteroatoms. The van der Waals surface area contributed by atoms with E-state index in [1.807, 2.05) is 18.2 Å². The first kappa shape index (κ1) is 14.1. The van der Waals surface area contributed by atoms with Crippen LogP contribution in [-0.2, 0) is 0 Å². The van der Waals surface area contributed by atoms with E-state index in [1.165, 1.54) is 5.56 Å². The minimum atomic E-state index is 0.579. The van der Waals surface area contributed by atoms with Gasteiger partial charge in [0.05, 0.1) is 11.4 Å². The molecule has 1 aromatic heterocycles. The molecule has 0 unspecified atom stereocenters. The largest absolute Gasteiger partial charge is 0.436 e. The van der Waals surface area contributed by atoms with Gasteiger partial charge in [-0.05, 0) is 48.7 Å². The Balaban J connectivity index is 1.70. The van der Waals surface area contributed by atoms with Gasteiger partial charge in [0.15, 0.2) is 5.58 Å². The summed E-state index contributed by atoms with van der Waals surface area (Å²) >= 11 is 0. The number of benzene rings is 2. The maximum absolute atomic E-state index is 5.91. The Morgan fingerprint density at radius 3 is 2.87 bits per heavy atom. The number of hydrogen-bond acceptors (Lipinski definition) is 5. The highest BCUT2D eigenvalue weighted by atomic mass is 16.3. The molecule has 0 bridgehead atoms. The van der Waals surface area contributed by atoms with Gasteiger partial charge in [-0.2, -0.15) is 0 Å². The summed E-state index contributed by atoms with van der Waals surface area (Å²) in [6.07, 6.45) is 0. The van der Waals surface area contributed by atoms with Gasteiger partial charge in [0.1, 0.15) is 5.52 Å². The zero-order valence-electron chi connectivity index (χ0n) is 13.6. The van der Waals surface area contributed by atoms with Gasteiger partial charge in [0.2, 0.25) is 5.89 Å². The first-order valence-electron chi connectivity index (χ1n) is 7.91. The Hall–Kier alpha value is -2.53. The van der Waals surface area contributed by atoms with Gasteiger partial charge in [0, 0.05) is 12.1 Å². The van der Waals surface area contributed by atoms with Gasteiger partial charge >= 0.3 is 0 Å². The van der Waals surface area contributed by atoms with Gasteiger partial charge in [-0.25, -0.2) is 4.98 Å². The molecule has 1 aliphatic heterocycles. The van der Waals surface area contributed by atoms with Crippen LogP contribution in [0.25, 0.3) is 22.6 Å². The Labute approximate surface area is 135 Å². The van der Waals surface area contributed by atoms with Crippen molar-refractivity contribution < 1.29 is 4.42 Å². The molecule has 118 valence electrons. The lowest BCUT2D eigenvalue weighted by atomic mass is 10.1. The fourth-order valence-corrected chi connectivity index (χ4v) is 2.86. The van der Waals surface area contributed by atoms with Crippen LogP contribution in [0.4, 0.5) is 11.4 Å². The first-order chi connectivity index (χ1) is 11.1. The Kier molecular flexibility index (Phi) is 3.23. The molecule has 4 rings (SSSR count). The summed E-state index contributed by atoms with van der Waals surface area (Å²) in [5.41, 5.74) is 12.5. The SMILES string of the molecule is Cc1ccc2nc(-c3ccc4c(c3)NNN4CC(C)C)oc2c1. The van der Waals surface area contributed by atoms with Gasteiger partial charge < -0.3 is 9.84 Å². The molecule has 1 aliphatic rings. The van der Waals surface area contributed by atoms with Crippen molar-refractivity contribution in [3.05, 3.63) is 42.0 Å². The molecule has 0 spiro atoms. The van der Waals surface area contributed by atoms with Crippen LogP contribution < -0.4 is 16.0 Å². The van der Waals surface area contributed by atoms with Gasteiger partial charge in [-0.1, -0.05) is 19.9 Å². The highest BCUT2D eigenvalue weighted by Gasteiger charge is 2.20. The summed E-state index contributed by atoms with van der Waals surface area (Å²) in [5, 5.41) is 2.12. The van der Waals surface area contributed by atoms with E-state index in [4.69, 9.17) is 4.42 Å². The number of hydrazine groups is 2. The molecule has 2 aromatic carbocycles. The summed E-state index contributed by atoms with van der Waals surface area (Å²) in [6, 6.07) is 12.3. The normalized spacial score (nSPS) is 13.7. The molecule has 0 saturated carbocycles. The van der Waals surface area contributed by atoms with Crippen molar-refractivity contribution in [2.75, 3.05) is 17.0 Å². The van der Waals surface area contributed by atoms with Gasteiger partial charge in [-0.15, -0.1) is 5.53 Å². The average Bonchev–Trinajstić information content (AvgIpc) is 3.10. The smallest absolute Gasteiger partial charge is 0.227 e. The molecule has 0 amide bonds. The van der Waals surface area contributed by atoms with Gasteiger partial charge in [0.25, 0.3) is 0 Å². The van der Waals surface area contributed by atoms with Crippen LogP contribution in [0.5, 0.6) is 0 Å². The first-order valence-corrected chi connectivity index (χ1v) is 7.91. The van der Waals surface area contributed by atoms with Crippen LogP contribution in [0, 0.1) is 12.8 Å². The number of nitrogens with zero attached hydrogens (tertiary/aromatic N) is 2. The predicted molar refractivity (Wildman–Crippen MR) is 93.1 cm³/mol. The van der Waals surface area contributed by atoms with E-state index in [1.54, 1.807) is 0 Å². The lowest BCUT2D eigenvalue weighted by Gasteiger charge is -2.19. The minimum Gasteiger partial charge on any atom is -0.436 e. The summed E-state index contributed by atoms with van der Waals surface area (Å²) in [4.78, 5) is 4.59. The number of fused-ring (bicyclic) bond motifs is 2. The number of oxazole rings is 1. The third-order valence-electron chi connectivity index (χ3n) is 3.95. The van der Waals surface area contributed by atoms with Crippen molar-refractivity contribution in [3.8, 4) is 11.5 Å². The van der Waals surface area contributed by atoms with Crippen LogP contribution in [0.2, 0.25) is 0 Å². The molecule has 0 atom stereocenters. The predicted octanol–water partition coefficient (Wildman–Crippen LogP) is 4.11. The Bertz CT molecular complexity index is 869. The number of hydrogen-bond donors (Lipinski definition) is 2. The monoisotopic (exact) mass is 308 g/mol. The maximum atomic E-state index is 5.91. The molecule has 2 heterocycles. The quantitative estimate of drug-likeness (QED) is 0.762. The van der Waals surface area contributed by atoms with Gasteiger partial charge in [-0.3, -0.25) is 5.01 Å². The molecule has 2 N–H and O–H groups in total. The highest BCUT2D eigenvalue weighted by Crippen LogP contribution is 2.34. The average molecular weight is 308 g/mol. The van der Waals surface area contributed by atoms with Crippen LogP contribution >= 0.6 is 0 Å². The summed E-state index contributed by atoms with van der Waals surface area (Å²) < 4.78 is 5.91. The standard InChI is InChI=1S/C18H20N4O/c1-11(2)10-22-16-7-5-13(9-15(16)20-21-22)18-19-14-6-4-12(3)8-17(14)23-18/h4-9,11,20-21H,10H2,1-3H3. The van der Waals surface area contributed by atoms with Crippen LogP contribution in [0.3, 0.4) is 0 Å². The topological polar surface area (TPSA) is 53.3 Å². The van der Waals surface area contributed by atoms with Crippen molar-refractivity contribution >= 4 is 22.5 Å². The van der Waals surface area contributed by atoms with Crippen molar-refractivity contribution in [2.45, 2.75) is 20.8 Å². The van der Waals surface area contributed by atoms with Crippen LogP contribution in [0.1, 0.15) is 19.4 Å². The van der Waals surface area contributed by atoms with Crippen LogP contribution in [-0.4, -0.2) is 11.5 Å². The Morgan fingerprint density at radius 2 is 2.04 bits per heavy atom. The number of aryl methyl sites for hydroxylation is 1. The van der Waals surface area contributed by atoms with E-state index in [0.29, 0.717) is 11.8 Å². The molecule has 3 aromatic rings. The zero-order valence-corrected chi connectivity index (χ0v) is 13.6. The third kappa shape index (κ3) is 2.53.